The van der Waals surface area contributed by atoms with E-state index in [4.69, 9.17) is 11.6 Å². The van der Waals surface area contributed by atoms with Gasteiger partial charge in [0.05, 0.1) is 12.4 Å². The SMILES string of the molecule is Clc1ccc(N2CSC2=NCc2ccccc2)cc1. The quantitative estimate of drug-likeness (QED) is 0.831. The van der Waals surface area contributed by atoms with Crippen LogP contribution >= 0.6 is 23.4 Å². The zero-order valence-corrected chi connectivity index (χ0v) is 11.9. The lowest BCUT2D eigenvalue weighted by atomic mass is 10.2. The predicted octanol–water partition coefficient (Wildman–Crippen LogP) is 4.41. The summed E-state index contributed by atoms with van der Waals surface area (Å²) in [7, 11) is 0. The van der Waals surface area contributed by atoms with E-state index < -0.39 is 0 Å². The monoisotopic (exact) mass is 288 g/mol. The summed E-state index contributed by atoms with van der Waals surface area (Å²) in [5.74, 6) is 0.954. The lowest BCUT2D eigenvalue weighted by Gasteiger charge is -2.33. The van der Waals surface area contributed by atoms with Crippen LogP contribution in [0.3, 0.4) is 0 Å². The highest BCUT2D eigenvalue weighted by Gasteiger charge is 2.23. The van der Waals surface area contributed by atoms with Gasteiger partial charge in [0, 0.05) is 10.7 Å². The van der Waals surface area contributed by atoms with E-state index in [-0.39, 0.29) is 0 Å². The number of nitrogens with zero attached hydrogens (tertiary/aromatic N) is 2. The molecule has 4 heteroatoms. The van der Waals surface area contributed by atoms with Gasteiger partial charge >= 0.3 is 0 Å². The van der Waals surface area contributed by atoms with E-state index in [2.05, 4.69) is 22.0 Å². The van der Waals surface area contributed by atoms with Crippen LogP contribution in [0.2, 0.25) is 5.02 Å². The second-order valence-corrected chi connectivity index (χ2v) is 5.61. The average molecular weight is 289 g/mol. The number of amidine groups is 1. The Morgan fingerprint density at radius 1 is 1.05 bits per heavy atom. The Kier molecular flexibility index (Phi) is 3.76. The fourth-order valence-electron chi connectivity index (χ4n) is 1.87. The van der Waals surface area contributed by atoms with E-state index in [1.54, 1.807) is 11.8 Å². The highest BCUT2D eigenvalue weighted by atomic mass is 35.5. The van der Waals surface area contributed by atoms with Crippen LogP contribution in [-0.4, -0.2) is 11.0 Å². The number of hydrogen-bond acceptors (Lipinski definition) is 2. The predicted molar refractivity (Wildman–Crippen MR) is 84.0 cm³/mol. The topological polar surface area (TPSA) is 15.6 Å². The maximum Gasteiger partial charge on any atom is 0.166 e. The van der Waals surface area contributed by atoms with Crippen molar-refractivity contribution in [1.82, 2.24) is 0 Å². The molecule has 1 saturated heterocycles. The highest BCUT2D eigenvalue weighted by Crippen LogP contribution is 2.31. The number of aliphatic imine (C=N–C) groups is 1. The fourth-order valence-corrected chi connectivity index (χ4v) is 2.78. The molecule has 0 atom stereocenters. The summed E-state index contributed by atoms with van der Waals surface area (Å²) in [5, 5.41) is 1.84. The van der Waals surface area contributed by atoms with Crippen molar-refractivity contribution in [3.8, 4) is 0 Å². The van der Waals surface area contributed by atoms with Crippen molar-refractivity contribution < 1.29 is 0 Å². The Labute approximate surface area is 122 Å². The summed E-state index contributed by atoms with van der Waals surface area (Å²) in [6.07, 6.45) is 0. The molecule has 0 N–H and O–H groups in total. The van der Waals surface area contributed by atoms with Crippen molar-refractivity contribution in [3.05, 3.63) is 65.2 Å². The van der Waals surface area contributed by atoms with E-state index in [0.29, 0.717) is 0 Å². The molecule has 0 spiro atoms. The van der Waals surface area contributed by atoms with Gasteiger partial charge in [-0.15, -0.1) is 0 Å². The smallest absolute Gasteiger partial charge is 0.166 e. The maximum absolute atomic E-state index is 5.90. The van der Waals surface area contributed by atoms with Crippen LogP contribution in [0.15, 0.2) is 59.6 Å². The Morgan fingerprint density at radius 3 is 2.42 bits per heavy atom. The van der Waals surface area contributed by atoms with Crippen molar-refractivity contribution in [3.63, 3.8) is 0 Å². The van der Waals surface area contributed by atoms with E-state index in [9.17, 15) is 0 Å². The standard InChI is InChI=1S/C15H13ClN2S/c16-13-6-8-14(9-7-13)18-11-19-15(18)17-10-12-4-2-1-3-5-12/h1-9H,10-11H2. The normalized spacial score (nSPS) is 16.5. The molecule has 0 aliphatic carbocycles. The molecule has 2 aromatic carbocycles. The van der Waals surface area contributed by atoms with Gasteiger partial charge in [0.15, 0.2) is 5.17 Å². The van der Waals surface area contributed by atoms with Crippen LogP contribution < -0.4 is 4.90 Å². The summed E-state index contributed by atoms with van der Waals surface area (Å²) in [6.45, 7) is 0.729. The van der Waals surface area contributed by atoms with Gasteiger partial charge in [-0.25, -0.2) is 0 Å². The van der Waals surface area contributed by atoms with Crippen molar-refractivity contribution in [1.29, 1.82) is 0 Å². The first-order valence-electron chi connectivity index (χ1n) is 6.07. The Hall–Kier alpha value is -1.45. The minimum Gasteiger partial charge on any atom is -0.311 e. The first-order valence-corrected chi connectivity index (χ1v) is 7.43. The molecule has 0 radical (unpaired) electrons. The van der Waals surface area contributed by atoms with Crippen LogP contribution in [0, 0.1) is 0 Å². The molecule has 19 heavy (non-hydrogen) atoms. The maximum atomic E-state index is 5.90. The van der Waals surface area contributed by atoms with Gasteiger partial charge < -0.3 is 4.90 Å². The molecule has 0 unspecified atom stereocenters. The molecular weight excluding hydrogens is 276 g/mol. The zero-order chi connectivity index (χ0) is 13.1. The third-order valence-electron chi connectivity index (χ3n) is 2.93. The van der Waals surface area contributed by atoms with Crippen molar-refractivity contribution in [2.45, 2.75) is 6.54 Å². The third-order valence-corrected chi connectivity index (χ3v) is 4.18. The van der Waals surface area contributed by atoms with Gasteiger partial charge in [-0.1, -0.05) is 53.7 Å². The number of halogens is 1. The molecule has 96 valence electrons. The van der Waals surface area contributed by atoms with Gasteiger partial charge in [-0.05, 0) is 29.8 Å². The summed E-state index contributed by atoms with van der Waals surface area (Å²) >= 11 is 7.68. The number of hydrogen-bond donors (Lipinski definition) is 0. The van der Waals surface area contributed by atoms with Gasteiger partial charge in [0.2, 0.25) is 0 Å². The second-order valence-electron chi connectivity index (χ2n) is 4.26. The minimum absolute atomic E-state index is 0.729. The van der Waals surface area contributed by atoms with Crippen LogP contribution in [0.4, 0.5) is 5.69 Å². The molecule has 1 aliphatic heterocycles. The van der Waals surface area contributed by atoms with Crippen LogP contribution in [-0.2, 0) is 6.54 Å². The largest absolute Gasteiger partial charge is 0.311 e. The molecule has 0 saturated carbocycles. The van der Waals surface area contributed by atoms with Gasteiger partial charge in [-0.3, -0.25) is 4.99 Å². The number of thioether (sulfide) groups is 1. The molecule has 1 heterocycles. The van der Waals surface area contributed by atoms with Crippen LogP contribution in [0.1, 0.15) is 5.56 Å². The molecule has 2 aromatic rings. The van der Waals surface area contributed by atoms with Gasteiger partial charge in [0.25, 0.3) is 0 Å². The summed E-state index contributed by atoms with van der Waals surface area (Å²) < 4.78 is 0. The molecule has 0 bridgehead atoms. The van der Waals surface area contributed by atoms with E-state index in [0.717, 1.165) is 28.3 Å². The molecule has 1 fully saturated rings. The molecule has 2 nitrogen and oxygen atoms in total. The molecule has 1 aliphatic rings. The number of benzene rings is 2. The van der Waals surface area contributed by atoms with Gasteiger partial charge in [-0.2, -0.15) is 0 Å². The first kappa shape index (κ1) is 12.6. The van der Waals surface area contributed by atoms with E-state index >= 15 is 0 Å². The summed E-state index contributed by atoms with van der Waals surface area (Å²) in [5.41, 5.74) is 2.38. The lowest BCUT2D eigenvalue weighted by Crippen LogP contribution is -2.38. The zero-order valence-electron chi connectivity index (χ0n) is 10.3. The van der Waals surface area contributed by atoms with Crippen molar-refractivity contribution in [2.24, 2.45) is 4.99 Å². The second kappa shape index (κ2) is 5.68. The molecule has 0 aromatic heterocycles. The summed E-state index contributed by atoms with van der Waals surface area (Å²) in [4.78, 5) is 6.85. The van der Waals surface area contributed by atoms with E-state index in [1.165, 1.54) is 5.56 Å². The average Bonchev–Trinajstić information content (AvgIpc) is 2.41. The number of anilines is 1. The van der Waals surface area contributed by atoms with Crippen LogP contribution in [0.25, 0.3) is 0 Å². The molecular formula is C15H13ClN2S. The van der Waals surface area contributed by atoms with E-state index in [1.807, 2.05) is 42.5 Å². The van der Waals surface area contributed by atoms with Crippen LogP contribution in [0.5, 0.6) is 0 Å². The Morgan fingerprint density at radius 2 is 1.79 bits per heavy atom. The number of rotatable bonds is 3. The Balaban J connectivity index is 1.71. The summed E-state index contributed by atoms with van der Waals surface area (Å²) in [6, 6.07) is 18.2. The fraction of sp³-hybridized carbons (Fsp3) is 0.133. The minimum atomic E-state index is 0.729. The molecule has 3 rings (SSSR count). The lowest BCUT2D eigenvalue weighted by molar-refractivity contribution is 1.05. The first-order chi connectivity index (χ1) is 9.33. The third kappa shape index (κ3) is 2.94. The Bertz CT molecular complexity index is 581. The molecule has 0 amide bonds. The highest BCUT2D eigenvalue weighted by molar-refractivity contribution is 8.16. The van der Waals surface area contributed by atoms with Crippen molar-refractivity contribution in [2.75, 3.05) is 10.8 Å². The van der Waals surface area contributed by atoms with Crippen molar-refractivity contribution >= 4 is 34.2 Å². The van der Waals surface area contributed by atoms with Gasteiger partial charge in [0.1, 0.15) is 0 Å².